The predicted octanol–water partition coefficient (Wildman–Crippen LogP) is 2.68. The number of hydrogen-bond acceptors (Lipinski definition) is 3. The van der Waals surface area contributed by atoms with Crippen LogP contribution in [0.15, 0.2) is 10.5 Å². The van der Waals surface area contributed by atoms with Crippen LogP contribution in [0.4, 0.5) is 0 Å². The molecule has 1 saturated carbocycles. The van der Waals surface area contributed by atoms with Crippen molar-refractivity contribution in [1.82, 2.24) is 10.2 Å². The van der Waals surface area contributed by atoms with Crippen molar-refractivity contribution in [1.29, 1.82) is 0 Å². The molecule has 1 heterocycles. The number of rotatable bonds is 5. The quantitative estimate of drug-likeness (QED) is 0.852. The lowest BCUT2D eigenvalue weighted by atomic mass is 10.2. The Bertz CT molecular complexity index is 353. The number of nitrogens with one attached hydrogen (secondary N) is 1. The van der Waals surface area contributed by atoms with E-state index in [2.05, 4.69) is 30.3 Å². The van der Waals surface area contributed by atoms with Crippen molar-refractivity contribution in [2.45, 2.75) is 51.7 Å². The first-order valence-corrected chi connectivity index (χ1v) is 6.63. The Kier molecular flexibility index (Phi) is 4.24. The van der Waals surface area contributed by atoms with Gasteiger partial charge in [0, 0.05) is 6.04 Å². The van der Waals surface area contributed by atoms with Crippen LogP contribution in [-0.4, -0.2) is 25.0 Å². The lowest BCUT2D eigenvalue weighted by Gasteiger charge is -2.22. The van der Waals surface area contributed by atoms with Gasteiger partial charge in [-0.1, -0.05) is 12.8 Å². The molecule has 3 heteroatoms. The molecule has 1 fully saturated rings. The minimum absolute atomic E-state index is 0.758. The Labute approximate surface area is 104 Å². The maximum atomic E-state index is 5.88. The molecule has 17 heavy (non-hydrogen) atoms. The number of hydrogen-bond donors (Lipinski definition) is 1. The van der Waals surface area contributed by atoms with Crippen molar-refractivity contribution in [2.75, 3.05) is 14.1 Å². The minimum atomic E-state index is 0.758. The van der Waals surface area contributed by atoms with Gasteiger partial charge < -0.3 is 9.73 Å². The monoisotopic (exact) mass is 236 g/mol. The van der Waals surface area contributed by atoms with Crippen molar-refractivity contribution in [3.05, 3.63) is 23.2 Å². The summed E-state index contributed by atoms with van der Waals surface area (Å²) in [5.74, 6) is 2.17. The zero-order valence-electron chi connectivity index (χ0n) is 11.3. The van der Waals surface area contributed by atoms with E-state index in [1.807, 2.05) is 7.05 Å². The van der Waals surface area contributed by atoms with Crippen LogP contribution in [0.3, 0.4) is 0 Å². The number of nitrogens with zero attached hydrogens (tertiary/aromatic N) is 1. The highest BCUT2D eigenvalue weighted by atomic mass is 16.3. The third-order valence-electron chi connectivity index (χ3n) is 3.76. The van der Waals surface area contributed by atoms with Gasteiger partial charge in [0.1, 0.15) is 11.5 Å². The molecule has 1 N–H and O–H groups in total. The average molecular weight is 236 g/mol. The summed E-state index contributed by atoms with van der Waals surface area (Å²) >= 11 is 0. The fraction of sp³-hybridized carbons (Fsp3) is 0.714. The molecule has 0 saturated heterocycles. The van der Waals surface area contributed by atoms with E-state index in [1.54, 1.807) is 0 Å². The molecule has 1 aromatic heterocycles. The lowest BCUT2D eigenvalue weighted by Crippen LogP contribution is -2.28. The highest BCUT2D eigenvalue weighted by molar-refractivity contribution is 5.20. The molecule has 96 valence electrons. The highest BCUT2D eigenvalue weighted by Gasteiger charge is 2.20. The zero-order valence-corrected chi connectivity index (χ0v) is 11.3. The molecular formula is C14H24N2O. The number of aryl methyl sites for hydroxylation is 1. The molecule has 0 spiro atoms. The van der Waals surface area contributed by atoms with Gasteiger partial charge in [-0.05, 0) is 45.5 Å². The van der Waals surface area contributed by atoms with Crippen molar-refractivity contribution in [2.24, 2.45) is 0 Å². The van der Waals surface area contributed by atoms with Crippen molar-refractivity contribution in [3.8, 4) is 0 Å². The predicted molar refractivity (Wildman–Crippen MR) is 69.9 cm³/mol. The molecule has 0 aromatic carbocycles. The summed E-state index contributed by atoms with van der Waals surface area (Å²) in [5.41, 5.74) is 1.26. The van der Waals surface area contributed by atoms with Crippen LogP contribution in [0.5, 0.6) is 0 Å². The van der Waals surface area contributed by atoms with Crippen LogP contribution < -0.4 is 5.32 Å². The second kappa shape index (κ2) is 5.69. The zero-order chi connectivity index (χ0) is 12.3. The van der Waals surface area contributed by atoms with Gasteiger partial charge in [-0.15, -0.1) is 0 Å². The average Bonchev–Trinajstić information content (AvgIpc) is 2.90. The van der Waals surface area contributed by atoms with Crippen LogP contribution in [0, 0.1) is 6.92 Å². The lowest BCUT2D eigenvalue weighted by molar-refractivity contribution is 0.217. The molecule has 0 radical (unpaired) electrons. The molecule has 0 unspecified atom stereocenters. The molecule has 1 aliphatic carbocycles. The highest BCUT2D eigenvalue weighted by Crippen LogP contribution is 2.24. The molecule has 1 aliphatic rings. The summed E-state index contributed by atoms with van der Waals surface area (Å²) < 4.78 is 5.88. The molecule has 0 amide bonds. The van der Waals surface area contributed by atoms with Crippen molar-refractivity contribution < 1.29 is 4.42 Å². The van der Waals surface area contributed by atoms with E-state index in [0.29, 0.717) is 0 Å². The number of furan rings is 1. The third kappa shape index (κ3) is 3.11. The Morgan fingerprint density at radius 1 is 1.41 bits per heavy atom. The topological polar surface area (TPSA) is 28.4 Å². The fourth-order valence-corrected chi connectivity index (χ4v) is 2.72. The maximum absolute atomic E-state index is 5.88. The normalized spacial score (nSPS) is 17.2. The first-order chi connectivity index (χ1) is 8.20. The largest absolute Gasteiger partial charge is 0.463 e. The SMILES string of the molecule is CNCc1oc(CN(C)C2CCCC2)cc1C. The molecule has 3 nitrogen and oxygen atoms in total. The Morgan fingerprint density at radius 3 is 2.76 bits per heavy atom. The van der Waals surface area contributed by atoms with E-state index in [0.717, 1.165) is 30.7 Å². The van der Waals surface area contributed by atoms with Crippen molar-refractivity contribution >= 4 is 0 Å². The van der Waals surface area contributed by atoms with Gasteiger partial charge in [-0.3, -0.25) is 4.90 Å². The maximum Gasteiger partial charge on any atom is 0.120 e. The smallest absolute Gasteiger partial charge is 0.120 e. The van der Waals surface area contributed by atoms with E-state index >= 15 is 0 Å². The molecule has 0 bridgehead atoms. The van der Waals surface area contributed by atoms with E-state index in [4.69, 9.17) is 4.42 Å². The van der Waals surface area contributed by atoms with E-state index in [-0.39, 0.29) is 0 Å². The Hall–Kier alpha value is -0.800. The molecule has 1 aromatic rings. The van der Waals surface area contributed by atoms with E-state index in [1.165, 1.54) is 31.2 Å². The van der Waals surface area contributed by atoms with Gasteiger partial charge in [0.15, 0.2) is 0 Å². The van der Waals surface area contributed by atoms with Crippen LogP contribution in [0.25, 0.3) is 0 Å². The van der Waals surface area contributed by atoms with Crippen LogP contribution in [-0.2, 0) is 13.1 Å². The molecule has 0 atom stereocenters. The molecular weight excluding hydrogens is 212 g/mol. The van der Waals surface area contributed by atoms with Gasteiger partial charge in [0.05, 0.1) is 13.1 Å². The Balaban J connectivity index is 1.95. The standard InChI is InChI=1S/C14H24N2O/c1-11-8-13(17-14(11)9-15-2)10-16(3)12-6-4-5-7-12/h8,12,15H,4-7,9-10H2,1-3H3. The first-order valence-electron chi connectivity index (χ1n) is 6.63. The molecule has 2 rings (SSSR count). The van der Waals surface area contributed by atoms with Gasteiger partial charge in [-0.2, -0.15) is 0 Å². The summed E-state index contributed by atoms with van der Waals surface area (Å²) in [6.45, 7) is 3.88. The molecule has 0 aliphatic heterocycles. The summed E-state index contributed by atoms with van der Waals surface area (Å²) in [4.78, 5) is 2.44. The van der Waals surface area contributed by atoms with Crippen LogP contribution in [0.1, 0.15) is 42.8 Å². The van der Waals surface area contributed by atoms with Crippen molar-refractivity contribution in [3.63, 3.8) is 0 Å². The van der Waals surface area contributed by atoms with Gasteiger partial charge in [-0.25, -0.2) is 0 Å². The summed E-state index contributed by atoms with van der Waals surface area (Å²) in [6.07, 6.45) is 5.47. The van der Waals surface area contributed by atoms with Crippen LogP contribution >= 0.6 is 0 Å². The van der Waals surface area contributed by atoms with E-state index in [9.17, 15) is 0 Å². The van der Waals surface area contributed by atoms with Gasteiger partial charge in [0.2, 0.25) is 0 Å². The third-order valence-corrected chi connectivity index (χ3v) is 3.76. The summed E-state index contributed by atoms with van der Waals surface area (Å²) in [7, 11) is 4.16. The van der Waals surface area contributed by atoms with Gasteiger partial charge in [0.25, 0.3) is 0 Å². The fourth-order valence-electron chi connectivity index (χ4n) is 2.72. The van der Waals surface area contributed by atoms with Gasteiger partial charge >= 0.3 is 0 Å². The second-order valence-corrected chi connectivity index (χ2v) is 5.20. The summed E-state index contributed by atoms with van der Waals surface area (Å²) in [6, 6.07) is 2.94. The Morgan fingerprint density at radius 2 is 2.12 bits per heavy atom. The van der Waals surface area contributed by atoms with E-state index < -0.39 is 0 Å². The second-order valence-electron chi connectivity index (χ2n) is 5.20. The minimum Gasteiger partial charge on any atom is -0.463 e. The first kappa shape index (κ1) is 12.7. The van der Waals surface area contributed by atoms with Crippen LogP contribution in [0.2, 0.25) is 0 Å². The summed E-state index contributed by atoms with van der Waals surface area (Å²) in [5, 5.41) is 3.14.